The summed E-state index contributed by atoms with van der Waals surface area (Å²) in [6.07, 6.45) is 8.36. The topological polar surface area (TPSA) is 9.23 Å². The monoisotopic (exact) mass is 292 g/mol. The van der Waals surface area contributed by atoms with Crippen LogP contribution in [0.2, 0.25) is 3.93 Å². The summed E-state index contributed by atoms with van der Waals surface area (Å²) in [6.45, 7) is 7.63. The van der Waals surface area contributed by atoms with Crippen LogP contribution < -0.4 is 0 Å². The van der Waals surface area contributed by atoms with E-state index >= 15 is 0 Å². The van der Waals surface area contributed by atoms with Crippen molar-refractivity contribution < 1.29 is 3.07 Å². The second kappa shape index (κ2) is 10.8. The zero-order valence-corrected chi connectivity index (χ0v) is 12.3. The summed E-state index contributed by atoms with van der Waals surface area (Å²) < 4.78 is 6.65. The van der Waals surface area contributed by atoms with E-state index in [1.54, 1.807) is 0 Å². The molecule has 0 atom stereocenters. The molecule has 0 heterocycles. The maximum atomic E-state index is 5.66. The molecule has 0 aliphatic rings. The number of rotatable bonds is 9. The molecule has 1 nitrogen and oxygen atoms in total. The summed E-state index contributed by atoms with van der Waals surface area (Å²) in [5.41, 5.74) is 0. The van der Waals surface area contributed by atoms with Crippen LogP contribution in [-0.2, 0) is 3.07 Å². The van der Waals surface area contributed by atoms with Gasteiger partial charge in [0.25, 0.3) is 0 Å². The van der Waals surface area contributed by atoms with Crippen molar-refractivity contribution in [3.8, 4) is 0 Å². The Bertz CT molecular complexity index is 77.1. The summed E-state index contributed by atoms with van der Waals surface area (Å²) in [5.74, 6) is 0. The quantitative estimate of drug-likeness (QED) is 0.587. The summed E-state index contributed by atoms with van der Waals surface area (Å²) in [6, 6.07) is 0. The van der Waals surface area contributed by atoms with E-state index in [4.69, 9.17) is 3.07 Å². The van der Waals surface area contributed by atoms with E-state index < -0.39 is 21.6 Å². The van der Waals surface area contributed by atoms with Crippen molar-refractivity contribution in [2.75, 3.05) is 6.61 Å². The van der Waals surface area contributed by atoms with Crippen LogP contribution in [0.1, 0.15) is 59.3 Å². The molecule has 13 heavy (non-hydrogen) atoms. The maximum absolute atomic E-state index is 5.66. The fraction of sp³-hybridized carbons (Fsp3) is 1.00. The third kappa shape index (κ3) is 9.07. The first kappa shape index (κ1) is 13.8. The molecule has 0 unspecified atom stereocenters. The number of hydrogen-bond donors (Lipinski definition) is 0. The third-order valence-electron chi connectivity index (χ3n) is 2.21. The van der Waals surface area contributed by atoms with Gasteiger partial charge < -0.3 is 0 Å². The van der Waals surface area contributed by atoms with Crippen LogP contribution in [0, 0.1) is 0 Å². The molecule has 0 aromatic carbocycles. The van der Waals surface area contributed by atoms with E-state index in [0.717, 1.165) is 10.5 Å². The van der Waals surface area contributed by atoms with Crippen molar-refractivity contribution >= 4 is 21.6 Å². The minimum atomic E-state index is -0.484. The molecule has 0 N–H and O–H groups in total. The van der Waals surface area contributed by atoms with Gasteiger partial charge in [0.05, 0.1) is 0 Å². The molecule has 0 rings (SSSR count). The van der Waals surface area contributed by atoms with Gasteiger partial charge in [0, 0.05) is 0 Å². The molecule has 0 aliphatic heterocycles. The second-order valence-electron chi connectivity index (χ2n) is 3.53. The van der Waals surface area contributed by atoms with E-state index in [0.29, 0.717) is 0 Å². The molecule has 0 fully saturated rings. The van der Waals surface area contributed by atoms with Gasteiger partial charge in [-0.05, 0) is 0 Å². The van der Waals surface area contributed by atoms with Gasteiger partial charge in [0.1, 0.15) is 0 Å². The van der Waals surface area contributed by atoms with E-state index in [1.807, 2.05) is 0 Å². The minimum absolute atomic E-state index is 0.484. The average molecular weight is 291 g/mol. The molecule has 0 saturated heterocycles. The van der Waals surface area contributed by atoms with Crippen molar-refractivity contribution in [3.63, 3.8) is 0 Å². The Morgan fingerprint density at radius 1 is 1.00 bits per heavy atom. The van der Waals surface area contributed by atoms with Gasteiger partial charge in [-0.1, -0.05) is 0 Å². The fourth-order valence-electron chi connectivity index (χ4n) is 1.36. The standard InChI is InChI=1S/C9H19.C2H5O.Sn/c1-3-5-7-9-8-6-4-2;1-2-3;/h9H,3-8H2,1-2H3;2H2,1H3;/q;-1;+1. The van der Waals surface area contributed by atoms with Crippen LogP contribution in [-0.4, -0.2) is 28.2 Å². The summed E-state index contributed by atoms with van der Waals surface area (Å²) in [5, 5.41) is 0. The van der Waals surface area contributed by atoms with Crippen molar-refractivity contribution in [1.82, 2.24) is 0 Å². The van der Waals surface area contributed by atoms with Gasteiger partial charge in [-0.25, -0.2) is 0 Å². The Balaban J connectivity index is 3.47. The van der Waals surface area contributed by atoms with Crippen LogP contribution >= 0.6 is 0 Å². The molecule has 0 aromatic heterocycles. The summed E-state index contributed by atoms with van der Waals surface area (Å²) in [7, 11) is 0. The van der Waals surface area contributed by atoms with E-state index in [1.165, 1.54) is 38.5 Å². The Morgan fingerprint density at radius 3 is 1.92 bits per heavy atom. The Labute approximate surface area is 94.4 Å². The van der Waals surface area contributed by atoms with Crippen LogP contribution in [0.25, 0.3) is 0 Å². The average Bonchev–Trinajstić information content (AvgIpc) is 2.17. The zero-order chi connectivity index (χ0) is 9.94. The molecular weight excluding hydrogens is 267 g/mol. The van der Waals surface area contributed by atoms with Crippen LogP contribution in [0.15, 0.2) is 0 Å². The van der Waals surface area contributed by atoms with Gasteiger partial charge >= 0.3 is 94.5 Å². The molecule has 0 bridgehead atoms. The SMILES string of the molecule is CCCC[CH](CCCC)[Sn][O]CC. The van der Waals surface area contributed by atoms with Crippen LogP contribution in [0.5, 0.6) is 0 Å². The van der Waals surface area contributed by atoms with Gasteiger partial charge in [-0.2, -0.15) is 0 Å². The summed E-state index contributed by atoms with van der Waals surface area (Å²) in [4.78, 5) is 0. The Kier molecular flexibility index (Phi) is 11.5. The van der Waals surface area contributed by atoms with E-state index in [2.05, 4.69) is 20.8 Å². The molecular formula is C11H24OSn. The molecule has 0 saturated carbocycles. The summed E-state index contributed by atoms with van der Waals surface area (Å²) >= 11 is -0.484. The third-order valence-corrected chi connectivity index (χ3v) is 6.11. The number of unbranched alkanes of at least 4 members (excludes halogenated alkanes) is 2. The van der Waals surface area contributed by atoms with Gasteiger partial charge in [0.15, 0.2) is 0 Å². The fourth-order valence-corrected chi connectivity index (χ4v) is 4.35. The molecule has 0 amide bonds. The molecule has 0 aliphatic carbocycles. The molecule has 0 aromatic rings. The van der Waals surface area contributed by atoms with Crippen molar-refractivity contribution in [3.05, 3.63) is 0 Å². The van der Waals surface area contributed by atoms with E-state index in [9.17, 15) is 0 Å². The molecule has 78 valence electrons. The normalized spacial score (nSPS) is 11.1. The second-order valence-corrected chi connectivity index (χ2v) is 7.36. The first-order chi connectivity index (χ1) is 6.35. The molecule has 0 spiro atoms. The van der Waals surface area contributed by atoms with Crippen LogP contribution in [0.3, 0.4) is 0 Å². The van der Waals surface area contributed by atoms with Gasteiger partial charge in [-0.15, -0.1) is 0 Å². The molecule has 2 radical (unpaired) electrons. The van der Waals surface area contributed by atoms with E-state index in [-0.39, 0.29) is 0 Å². The van der Waals surface area contributed by atoms with Crippen molar-refractivity contribution in [2.24, 2.45) is 0 Å². The first-order valence-electron chi connectivity index (χ1n) is 5.72. The molecule has 2 heteroatoms. The number of hydrogen-bond acceptors (Lipinski definition) is 1. The predicted octanol–water partition coefficient (Wildman–Crippen LogP) is 3.81. The Hall–Kier alpha value is 0.759. The zero-order valence-electron chi connectivity index (χ0n) is 9.44. The van der Waals surface area contributed by atoms with Gasteiger partial charge in [-0.3, -0.25) is 0 Å². The predicted molar refractivity (Wildman–Crippen MR) is 60.2 cm³/mol. The van der Waals surface area contributed by atoms with Gasteiger partial charge in [0.2, 0.25) is 0 Å². The van der Waals surface area contributed by atoms with Crippen LogP contribution in [0.4, 0.5) is 0 Å². The Morgan fingerprint density at radius 2 is 1.54 bits per heavy atom. The van der Waals surface area contributed by atoms with Crippen molar-refractivity contribution in [2.45, 2.75) is 63.2 Å². The van der Waals surface area contributed by atoms with Crippen molar-refractivity contribution in [1.29, 1.82) is 0 Å². The first-order valence-corrected chi connectivity index (χ1v) is 8.53.